The largest absolute Gasteiger partial charge is 0.497 e. The Kier molecular flexibility index (Phi) is 5.26. The van der Waals surface area contributed by atoms with Crippen LogP contribution in [0, 0.1) is 0 Å². The van der Waals surface area contributed by atoms with E-state index >= 15 is 0 Å². The van der Waals surface area contributed by atoms with Crippen LogP contribution in [0.25, 0.3) is 11.3 Å². The number of amides is 2. The molecule has 1 aromatic carbocycles. The predicted molar refractivity (Wildman–Crippen MR) is 95.5 cm³/mol. The smallest absolute Gasteiger partial charge is 0.319 e. The number of nitrogens with zero attached hydrogens (tertiary/aromatic N) is 3. The quantitative estimate of drug-likeness (QED) is 0.725. The molecule has 3 rings (SSSR count). The molecule has 25 heavy (non-hydrogen) atoms. The molecule has 0 aliphatic heterocycles. The van der Waals surface area contributed by atoms with Crippen LogP contribution in [0.4, 0.5) is 10.5 Å². The molecule has 0 fully saturated rings. The maximum absolute atomic E-state index is 11.9. The van der Waals surface area contributed by atoms with Gasteiger partial charge in [-0.2, -0.15) is 5.10 Å². The summed E-state index contributed by atoms with van der Waals surface area (Å²) >= 11 is 0. The topological polar surface area (TPSA) is 81.1 Å². The third kappa shape index (κ3) is 4.57. The van der Waals surface area contributed by atoms with Crippen LogP contribution in [0.1, 0.15) is 0 Å². The summed E-state index contributed by atoms with van der Waals surface area (Å²) in [5.74, 6) is 0.693. The van der Waals surface area contributed by atoms with Crippen LogP contribution in [-0.4, -0.2) is 34.5 Å². The first kappa shape index (κ1) is 16.5. The monoisotopic (exact) mass is 337 g/mol. The molecule has 3 aromatic rings. The van der Waals surface area contributed by atoms with Gasteiger partial charge in [0.2, 0.25) is 0 Å². The average molecular weight is 337 g/mol. The Bertz CT molecular complexity index is 832. The van der Waals surface area contributed by atoms with Gasteiger partial charge in [-0.3, -0.25) is 9.67 Å². The minimum absolute atomic E-state index is 0.269. The maximum atomic E-state index is 11.9. The van der Waals surface area contributed by atoms with E-state index in [0.29, 0.717) is 24.5 Å². The number of hydrogen-bond donors (Lipinski definition) is 2. The number of carbonyl (C=O) groups excluding carboxylic acids is 1. The van der Waals surface area contributed by atoms with Gasteiger partial charge < -0.3 is 15.4 Å². The van der Waals surface area contributed by atoms with Crippen molar-refractivity contribution >= 4 is 11.7 Å². The zero-order valence-corrected chi connectivity index (χ0v) is 13.8. The number of ether oxygens (including phenoxy) is 1. The molecule has 0 bridgehead atoms. The molecule has 0 aliphatic carbocycles. The molecule has 0 aliphatic rings. The van der Waals surface area contributed by atoms with Crippen molar-refractivity contribution < 1.29 is 9.53 Å². The molecule has 128 valence electrons. The van der Waals surface area contributed by atoms with E-state index in [0.717, 1.165) is 11.3 Å². The van der Waals surface area contributed by atoms with Crippen LogP contribution in [0.5, 0.6) is 5.75 Å². The Hall–Kier alpha value is -3.35. The summed E-state index contributed by atoms with van der Waals surface area (Å²) in [7, 11) is 1.59. The minimum Gasteiger partial charge on any atom is -0.497 e. The summed E-state index contributed by atoms with van der Waals surface area (Å²) < 4.78 is 6.92. The molecule has 2 aromatic heterocycles. The number of pyridine rings is 1. The van der Waals surface area contributed by atoms with E-state index in [1.165, 1.54) is 0 Å². The number of urea groups is 1. The van der Waals surface area contributed by atoms with Crippen LogP contribution in [0.15, 0.2) is 61.1 Å². The number of nitrogens with one attached hydrogen (secondary N) is 2. The predicted octanol–water partition coefficient (Wildman–Crippen LogP) is 2.78. The number of anilines is 1. The highest BCUT2D eigenvalue weighted by atomic mass is 16.5. The first-order chi connectivity index (χ1) is 12.2. The molecule has 0 atom stereocenters. The molecule has 7 heteroatoms. The second-order valence-electron chi connectivity index (χ2n) is 5.31. The van der Waals surface area contributed by atoms with Crippen molar-refractivity contribution in [3.05, 3.63) is 61.1 Å². The van der Waals surface area contributed by atoms with Crippen LogP contribution < -0.4 is 15.4 Å². The molecule has 0 unspecified atom stereocenters. The number of carbonyl (C=O) groups is 1. The second-order valence-corrected chi connectivity index (χ2v) is 5.31. The minimum atomic E-state index is -0.269. The Balaban J connectivity index is 1.48. The van der Waals surface area contributed by atoms with Crippen LogP contribution in [0.3, 0.4) is 0 Å². The van der Waals surface area contributed by atoms with Gasteiger partial charge in [-0.25, -0.2) is 4.79 Å². The molecule has 0 saturated carbocycles. The lowest BCUT2D eigenvalue weighted by Crippen LogP contribution is -2.31. The summed E-state index contributed by atoms with van der Waals surface area (Å²) in [5, 5.41) is 10.1. The van der Waals surface area contributed by atoms with Crippen LogP contribution >= 0.6 is 0 Å². The van der Waals surface area contributed by atoms with Crippen molar-refractivity contribution in [1.82, 2.24) is 20.1 Å². The third-order valence-corrected chi connectivity index (χ3v) is 3.57. The Morgan fingerprint density at radius 2 is 2.04 bits per heavy atom. The zero-order valence-electron chi connectivity index (χ0n) is 13.8. The fraction of sp³-hybridized carbons (Fsp3) is 0.167. The molecule has 7 nitrogen and oxygen atoms in total. The zero-order chi connectivity index (χ0) is 17.5. The van der Waals surface area contributed by atoms with E-state index in [4.69, 9.17) is 4.74 Å². The third-order valence-electron chi connectivity index (χ3n) is 3.57. The van der Waals surface area contributed by atoms with Crippen molar-refractivity contribution in [2.75, 3.05) is 19.0 Å². The molecule has 2 N–H and O–H groups in total. The maximum Gasteiger partial charge on any atom is 0.319 e. The van der Waals surface area contributed by atoms with Crippen molar-refractivity contribution in [2.24, 2.45) is 0 Å². The van der Waals surface area contributed by atoms with Gasteiger partial charge in [-0.05, 0) is 30.3 Å². The van der Waals surface area contributed by atoms with Gasteiger partial charge in [-0.1, -0.05) is 6.07 Å². The fourth-order valence-corrected chi connectivity index (χ4v) is 2.32. The van der Waals surface area contributed by atoms with Gasteiger partial charge in [0.05, 0.1) is 19.3 Å². The summed E-state index contributed by atoms with van der Waals surface area (Å²) in [6, 6.07) is 12.7. The van der Waals surface area contributed by atoms with E-state index < -0.39 is 0 Å². The number of benzene rings is 1. The highest BCUT2D eigenvalue weighted by Gasteiger charge is 2.04. The highest BCUT2D eigenvalue weighted by Crippen LogP contribution is 2.16. The molecule has 2 heterocycles. The number of rotatable bonds is 6. The molecule has 2 amide bonds. The van der Waals surface area contributed by atoms with Crippen LogP contribution in [-0.2, 0) is 6.54 Å². The molecule has 0 spiro atoms. The summed E-state index contributed by atoms with van der Waals surface area (Å²) in [4.78, 5) is 15.9. The molecule has 0 radical (unpaired) electrons. The normalized spacial score (nSPS) is 10.3. The van der Waals surface area contributed by atoms with Gasteiger partial charge in [-0.15, -0.1) is 0 Å². The van der Waals surface area contributed by atoms with Crippen molar-refractivity contribution in [2.45, 2.75) is 6.54 Å². The van der Waals surface area contributed by atoms with E-state index in [2.05, 4.69) is 20.7 Å². The lowest BCUT2D eigenvalue weighted by molar-refractivity contribution is 0.251. The highest BCUT2D eigenvalue weighted by molar-refractivity contribution is 5.89. The van der Waals surface area contributed by atoms with Gasteiger partial charge >= 0.3 is 6.03 Å². The fourth-order valence-electron chi connectivity index (χ4n) is 2.32. The molecular weight excluding hydrogens is 318 g/mol. The Morgan fingerprint density at radius 1 is 1.20 bits per heavy atom. The van der Waals surface area contributed by atoms with Crippen molar-refractivity contribution in [1.29, 1.82) is 0 Å². The Labute approximate surface area is 145 Å². The lowest BCUT2D eigenvalue weighted by atomic mass is 10.2. The number of aromatic nitrogens is 3. The first-order valence-corrected chi connectivity index (χ1v) is 7.87. The van der Waals surface area contributed by atoms with Crippen LogP contribution in [0.2, 0.25) is 0 Å². The first-order valence-electron chi connectivity index (χ1n) is 7.87. The van der Waals surface area contributed by atoms with Crippen molar-refractivity contribution in [3.8, 4) is 17.0 Å². The van der Waals surface area contributed by atoms with E-state index in [1.54, 1.807) is 36.3 Å². The number of hydrogen-bond acceptors (Lipinski definition) is 4. The van der Waals surface area contributed by atoms with Gasteiger partial charge in [0.25, 0.3) is 0 Å². The molecular formula is C18H19N5O2. The van der Waals surface area contributed by atoms with Gasteiger partial charge in [0.15, 0.2) is 0 Å². The lowest BCUT2D eigenvalue weighted by Gasteiger charge is -2.09. The standard InChI is InChI=1S/C18H19N5O2/c1-25-16-4-2-3-15(13-16)21-18(24)20-10-12-23-11-7-17(22-23)14-5-8-19-9-6-14/h2-9,11,13H,10,12H2,1H3,(H2,20,21,24). The summed E-state index contributed by atoms with van der Waals surface area (Å²) in [6.45, 7) is 1.05. The molecule has 0 saturated heterocycles. The second kappa shape index (κ2) is 7.96. The van der Waals surface area contributed by atoms with E-state index in [9.17, 15) is 4.79 Å². The van der Waals surface area contributed by atoms with E-state index in [1.807, 2.05) is 36.5 Å². The van der Waals surface area contributed by atoms with Crippen molar-refractivity contribution in [3.63, 3.8) is 0 Å². The average Bonchev–Trinajstić information content (AvgIpc) is 3.11. The SMILES string of the molecule is COc1cccc(NC(=O)NCCn2ccc(-c3ccncc3)n2)c1. The Morgan fingerprint density at radius 3 is 2.84 bits per heavy atom. The summed E-state index contributed by atoms with van der Waals surface area (Å²) in [6.07, 6.45) is 5.36. The van der Waals surface area contributed by atoms with E-state index in [-0.39, 0.29) is 6.03 Å². The van der Waals surface area contributed by atoms with Gasteiger partial charge in [0, 0.05) is 42.5 Å². The summed E-state index contributed by atoms with van der Waals surface area (Å²) in [5.41, 5.74) is 2.57. The number of methoxy groups -OCH3 is 1. The van der Waals surface area contributed by atoms with Gasteiger partial charge in [0.1, 0.15) is 5.75 Å².